The maximum atomic E-state index is 5.29. The van der Waals surface area contributed by atoms with Gasteiger partial charge in [0.15, 0.2) is 17.5 Å². The fourth-order valence-electron chi connectivity index (χ4n) is 1.95. The lowest BCUT2D eigenvalue weighted by Crippen LogP contribution is -2.33. The van der Waals surface area contributed by atoms with Crippen LogP contribution in [0.2, 0.25) is 0 Å². The number of nitrogens with one attached hydrogen (secondary N) is 2. The number of hydrogen-bond acceptors (Lipinski definition) is 4. The largest absolute Gasteiger partial charge is 0.493 e. The minimum Gasteiger partial charge on any atom is -0.493 e. The summed E-state index contributed by atoms with van der Waals surface area (Å²) in [5, 5.41) is 10.6. The van der Waals surface area contributed by atoms with Crippen molar-refractivity contribution in [3.8, 4) is 11.5 Å². The standard InChI is InChI=1S/C15H21N5O2/c1-16-15(17-8-10-20-9-4-7-18-20)19-12-5-6-13(21-2)14(11-12)22-3/h4-7,9,11H,8,10H2,1-3H3,(H2,16,17,19). The fourth-order valence-corrected chi connectivity index (χ4v) is 1.95. The Morgan fingerprint density at radius 3 is 2.73 bits per heavy atom. The van der Waals surface area contributed by atoms with Crippen LogP contribution in [0.5, 0.6) is 11.5 Å². The van der Waals surface area contributed by atoms with Crippen LogP contribution >= 0.6 is 0 Å². The van der Waals surface area contributed by atoms with Crippen LogP contribution in [0.3, 0.4) is 0 Å². The van der Waals surface area contributed by atoms with Gasteiger partial charge < -0.3 is 20.1 Å². The molecule has 0 atom stereocenters. The van der Waals surface area contributed by atoms with Crippen LogP contribution in [0.4, 0.5) is 5.69 Å². The van der Waals surface area contributed by atoms with Gasteiger partial charge in [0.25, 0.3) is 0 Å². The lowest BCUT2D eigenvalue weighted by molar-refractivity contribution is 0.355. The van der Waals surface area contributed by atoms with E-state index in [-0.39, 0.29) is 0 Å². The predicted molar refractivity (Wildman–Crippen MR) is 86.8 cm³/mol. The van der Waals surface area contributed by atoms with Gasteiger partial charge in [-0.3, -0.25) is 9.67 Å². The van der Waals surface area contributed by atoms with Gasteiger partial charge in [0, 0.05) is 37.7 Å². The molecule has 0 saturated carbocycles. The van der Waals surface area contributed by atoms with Crippen LogP contribution in [-0.2, 0) is 6.54 Å². The Bertz CT molecular complexity index is 610. The number of nitrogens with zero attached hydrogens (tertiary/aromatic N) is 3. The molecule has 0 unspecified atom stereocenters. The first-order valence-electron chi connectivity index (χ1n) is 6.94. The molecule has 0 bridgehead atoms. The summed E-state index contributed by atoms with van der Waals surface area (Å²) in [6.45, 7) is 1.48. The summed E-state index contributed by atoms with van der Waals surface area (Å²) in [5.74, 6) is 2.04. The Morgan fingerprint density at radius 2 is 2.09 bits per heavy atom. The number of anilines is 1. The van der Waals surface area contributed by atoms with E-state index in [2.05, 4.69) is 20.7 Å². The van der Waals surface area contributed by atoms with E-state index in [0.29, 0.717) is 24.0 Å². The first kappa shape index (κ1) is 15.7. The third-order valence-corrected chi connectivity index (χ3v) is 3.06. The van der Waals surface area contributed by atoms with Crippen molar-refractivity contribution in [3.63, 3.8) is 0 Å². The molecule has 0 aliphatic rings. The average Bonchev–Trinajstić information content (AvgIpc) is 3.07. The molecular weight excluding hydrogens is 282 g/mol. The number of ether oxygens (including phenoxy) is 2. The second-order valence-electron chi connectivity index (χ2n) is 4.46. The molecule has 118 valence electrons. The summed E-state index contributed by atoms with van der Waals surface area (Å²) < 4.78 is 12.4. The maximum absolute atomic E-state index is 5.29. The first-order chi connectivity index (χ1) is 10.8. The molecule has 1 aromatic carbocycles. The second kappa shape index (κ2) is 7.92. The van der Waals surface area contributed by atoms with Gasteiger partial charge in [0.05, 0.1) is 20.8 Å². The Labute approximate surface area is 130 Å². The quantitative estimate of drug-likeness (QED) is 0.626. The van der Waals surface area contributed by atoms with E-state index >= 15 is 0 Å². The Kier molecular flexibility index (Phi) is 5.65. The number of rotatable bonds is 6. The monoisotopic (exact) mass is 303 g/mol. The van der Waals surface area contributed by atoms with Crippen LogP contribution in [0.15, 0.2) is 41.7 Å². The van der Waals surface area contributed by atoms with E-state index in [1.807, 2.05) is 35.1 Å². The van der Waals surface area contributed by atoms with Gasteiger partial charge >= 0.3 is 0 Å². The SMILES string of the molecule is CN=C(NCCn1cccn1)Nc1ccc(OC)c(OC)c1. The molecule has 0 saturated heterocycles. The lowest BCUT2D eigenvalue weighted by Gasteiger charge is -2.14. The molecule has 7 nitrogen and oxygen atoms in total. The summed E-state index contributed by atoms with van der Waals surface area (Å²) in [6, 6.07) is 7.51. The number of aliphatic imine (C=N–C) groups is 1. The molecule has 0 aliphatic carbocycles. The molecule has 0 fully saturated rings. The highest BCUT2D eigenvalue weighted by Gasteiger charge is 2.06. The van der Waals surface area contributed by atoms with E-state index in [1.54, 1.807) is 27.5 Å². The van der Waals surface area contributed by atoms with Crippen LogP contribution in [0, 0.1) is 0 Å². The van der Waals surface area contributed by atoms with Crippen molar-refractivity contribution in [2.45, 2.75) is 6.54 Å². The van der Waals surface area contributed by atoms with Crippen LogP contribution in [0.25, 0.3) is 0 Å². The van der Waals surface area contributed by atoms with Crippen LogP contribution in [0.1, 0.15) is 0 Å². The van der Waals surface area contributed by atoms with Gasteiger partial charge in [-0.2, -0.15) is 5.10 Å². The topological polar surface area (TPSA) is 72.7 Å². The molecule has 0 spiro atoms. The summed E-state index contributed by atoms with van der Waals surface area (Å²) in [5.41, 5.74) is 0.866. The summed E-state index contributed by atoms with van der Waals surface area (Å²) in [4.78, 5) is 4.19. The van der Waals surface area contributed by atoms with Crippen molar-refractivity contribution in [3.05, 3.63) is 36.7 Å². The van der Waals surface area contributed by atoms with Gasteiger partial charge in [-0.25, -0.2) is 0 Å². The van der Waals surface area contributed by atoms with E-state index in [9.17, 15) is 0 Å². The molecule has 1 heterocycles. The average molecular weight is 303 g/mol. The molecule has 22 heavy (non-hydrogen) atoms. The van der Waals surface area contributed by atoms with Crippen LogP contribution in [-0.4, -0.2) is 43.6 Å². The lowest BCUT2D eigenvalue weighted by atomic mass is 10.3. The van der Waals surface area contributed by atoms with Crippen LogP contribution < -0.4 is 20.1 Å². The zero-order valence-electron chi connectivity index (χ0n) is 13.0. The zero-order chi connectivity index (χ0) is 15.8. The Hall–Kier alpha value is -2.70. The zero-order valence-corrected chi connectivity index (χ0v) is 13.0. The predicted octanol–water partition coefficient (Wildman–Crippen LogP) is 1.59. The highest BCUT2D eigenvalue weighted by Crippen LogP contribution is 2.29. The van der Waals surface area contributed by atoms with Crippen molar-refractivity contribution in [1.29, 1.82) is 0 Å². The smallest absolute Gasteiger partial charge is 0.195 e. The molecule has 2 N–H and O–H groups in total. The molecule has 0 amide bonds. The van der Waals surface area contributed by atoms with E-state index in [0.717, 1.165) is 12.2 Å². The summed E-state index contributed by atoms with van der Waals surface area (Å²) in [6.07, 6.45) is 3.68. The molecule has 0 aliphatic heterocycles. The summed E-state index contributed by atoms with van der Waals surface area (Å²) in [7, 11) is 4.95. The second-order valence-corrected chi connectivity index (χ2v) is 4.46. The van der Waals surface area contributed by atoms with Crippen molar-refractivity contribution in [2.75, 3.05) is 33.1 Å². The minimum absolute atomic E-state index is 0.666. The highest BCUT2D eigenvalue weighted by molar-refractivity contribution is 5.93. The van der Waals surface area contributed by atoms with Crippen molar-refractivity contribution in [2.24, 2.45) is 4.99 Å². The number of methoxy groups -OCH3 is 2. The molecule has 0 radical (unpaired) electrons. The number of aromatic nitrogens is 2. The molecule has 2 rings (SSSR count). The summed E-state index contributed by atoms with van der Waals surface area (Å²) >= 11 is 0. The van der Waals surface area contributed by atoms with Gasteiger partial charge in [0.1, 0.15) is 0 Å². The third-order valence-electron chi connectivity index (χ3n) is 3.06. The van der Waals surface area contributed by atoms with Gasteiger partial charge in [-0.05, 0) is 18.2 Å². The van der Waals surface area contributed by atoms with E-state index in [1.165, 1.54) is 0 Å². The maximum Gasteiger partial charge on any atom is 0.195 e. The van der Waals surface area contributed by atoms with Crippen molar-refractivity contribution >= 4 is 11.6 Å². The fraction of sp³-hybridized carbons (Fsp3) is 0.333. The van der Waals surface area contributed by atoms with E-state index < -0.39 is 0 Å². The van der Waals surface area contributed by atoms with Gasteiger partial charge in [0.2, 0.25) is 0 Å². The molecule has 1 aromatic heterocycles. The first-order valence-corrected chi connectivity index (χ1v) is 6.94. The van der Waals surface area contributed by atoms with Gasteiger partial charge in [-0.1, -0.05) is 0 Å². The Balaban J connectivity index is 1.92. The number of guanidine groups is 1. The normalized spacial score (nSPS) is 11.1. The molecule has 2 aromatic rings. The third kappa shape index (κ3) is 4.15. The number of benzene rings is 1. The van der Waals surface area contributed by atoms with Crippen molar-refractivity contribution in [1.82, 2.24) is 15.1 Å². The minimum atomic E-state index is 0.666. The number of hydrogen-bond donors (Lipinski definition) is 2. The molecule has 7 heteroatoms. The Morgan fingerprint density at radius 1 is 1.27 bits per heavy atom. The molecular formula is C15H21N5O2. The van der Waals surface area contributed by atoms with Gasteiger partial charge in [-0.15, -0.1) is 0 Å². The highest BCUT2D eigenvalue weighted by atomic mass is 16.5. The van der Waals surface area contributed by atoms with E-state index in [4.69, 9.17) is 9.47 Å². The van der Waals surface area contributed by atoms with Crippen molar-refractivity contribution < 1.29 is 9.47 Å².